The van der Waals surface area contributed by atoms with E-state index in [0.29, 0.717) is 24.3 Å². The smallest absolute Gasteiger partial charge is 0.319 e. The Hall–Kier alpha value is -2.34. The highest BCUT2D eigenvalue weighted by Crippen LogP contribution is 2.25. The standard InChI is InChI=1S/C17H21FN2O3/c1-17(2,7-8-21)11-19-16(22)20-14-10-12(5-6-13(14)18)15-4-3-9-23-15/h3-6,9-10,21H,7-8,11H2,1-2H3,(H2,19,20,22). The van der Waals surface area contributed by atoms with Crippen molar-refractivity contribution in [2.45, 2.75) is 20.3 Å². The summed E-state index contributed by atoms with van der Waals surface area (Å²) in [4.78, 5) is 11.9. The Balaban J connectivity index is 2.02. The summed E-state index contributed by atoms with van der Waals surface area (Å²) in [5, 5.41) is 14.2. The fourth-order valence-corrected chi connectivity index (χ4v) is 2.09. The van der Waals surface area contributed by atoms with Crippen LogP contribution < -0.4 is 10.6 Å². The average Bonchev–Trinajstić information content (AvgIpc) is 3.02. The van der Waals surface area contributed by atoms with Crippen molar-refractivity contribution in [1.29, 1.82) is 0 Å². The summed E-state index contributed by atoms with van der Waals surface area (Å²) in [6.07, 6.45) is 2.09. The van der Waals surface area contributed by atoms with Crippen molar-refractivity contribution < 1.29 is 18.7 Å². The topological polar surface area (TPSA) is 74.5 Å². The van der Waals surface area contributed by atoms with Crippen LogP contribution in [0.15, 0.2) is 41.0 Å². The number of rotatable bonds is 6. The van der Waals surface area contributed by atoms with E-state index >= 15 is 0 Å². The third kappa shape index (κ3) is 4.82. The van der Waals surface area contributed by atoms with E-state index in [-0.39, 0.29) is 17.7 Å². The van der Waals surface area contributed by atoms with Crippen molar-refractivity contribution in [2.24, 2.45) is 5.41 Å². The van der Waals surface area contributed by atoms with Crippen LogP contribution in [0, 0.1) is 11.2 Å². The van der Waals surface area contributed by atoms with Crippen LogP contribution in [0.4, 0.5) is 14.9 Å². The van der Waals surface area contributed by atoms with Crippen molar-refractivity contribution in [3.63, 3.8) is 0 Å². The predicted octanol–water partition coefficient (Wildman–Crippen LogP) is 3.62. The first kappa shape index (κ1) is 17.0. The number of urea groups is 1. The second-order valence-corrected chi connectivity index (χ2v) is 6.12. The Morgan fingerprint density at radius 1 is 1.35 bits per heavy atom. The van der Waals surface area contributed by atoms with Crippen molar-refractivity contribution in [1.82, 2.24) is 5.32 Å². The van der Waals surface area contributed by atoms with Crippen molar-refractivity contribution in [3.05, 3.63) is 42.4 Å². The van der Waals surface area contributed by atoms with E-state index in [1.807, 2.05) is 13.8 Å². The van der Waals surface area contributed by atoms with E-state index in [2.05, 4.69) is 10.6 Å². The Morgan fingerprint density at radius 3 is 2.78 bits per heavy atom. The number of carbonyl (C=O) groups is 1. The lowest BCUT2D eigenvalue weighted by Crippen LogP contribution is -2.37. The molecule has 23 heavy (non-hydrogen) atoms. The Labute approximate surface area is 134 Å². The summed E-state index contributed by atoms with van der Waals surface area (Å²) >= 11 is 0. The molecule has 0 spiro atoms. The molecule has 0 aliphatic rings. The zero-order valence-electron chi connectivity index (χ0n) is 13.2. The molecule has 0 unspecified atom stereocenters. The maximum atomic E-state index is 13.9. The van der Waals surface area contributed by atoms with Crippen LogP contribution in [0.5, 0.6) is 0 Å². The summed E-state index contributed by atoms with van der Waals surface area (Å²) < 4.78 is 19.1. The maximum Gasteiger partial charge on any atom is 0.319 e. The van der Waals surface area contributed by atoms with Gasteiger partial charge in [-0.1, -0.05) is 13.8 Å². The van der Waals surface area contributed by atoms with Crippen LogP contribution >= 0.6 is 0 Å². The minimum Gasteiger partial charge on any atom is -0.464 e. The number of aliphatic hydroxyl groups is 1. The lowest BCUT2D eigenvalue weighted by atomic mass is 9.90. The molecule has 1 heterocycles. The number of halogens is 1. The van der Waals surface area contributed by atoms with Gasteiger partial charge in [0.05, 0.1) is 12.0 Å². The number of benzene rings is 1. The molecule has 0 radical (unpaired) electrons. The summed E-state index contributed by atoms with van der Waals surface area (Å²) in [5.41, 5.74) is 0.518. The molecule has 0 aliphatic carbocycles. The molecule has 2 aromatic rings. The van der Waals surface area contributed by atoms with Gasteiger partial charge in [0.2, 0.25) is 0 Å². The van der Waals surface area contributed by atoms with Crippen LogP contribution in [-0.2, 0) is 0 Å². The predicted molar refractivity (Wildman–Crippen MR) is 86.6 cm³/mol. The molecular formula is C17H21FN2O3. The summed E-state index contributed by atoms with van der Waals surface area (Å²) in [7, 11) is 0. The van der Waals surface area contributed by atoms with Crippen LogP contribution in [0.2, 0.25) is 0 Å². The molecule has 1 aromatic carbocycles. The first-order valence-electron chi connectivity index (χ1n) is 7.40. The zero-order valence-corrected chi connectivity index (χ0v) is 13.2. The highest BCUT2D eigenvalue weighted by Gasteiger charge is 2.18. The van der Waals surface area contributed by atoms with E-state index in [1.165, 1.54) is 18.4 Å². The number of amides is 2. The molecule has 2 rings (SSSR count). The molecule has 5 nitrogen and oxygen atoms in total. The fraction of sp³-hybridized carbons (Fsp3) is 0.353. The van der Waals surface area contributed by atoms with Crippen molar-refractivity contribution >= 4 is 11.7 Å². The molecule has 0 saturated heterocycles. The first-order chi connectivity index (χ1) is 10.9. The lowest BCUT2D eigenvalue weighted by Gasteiger charge is -2.23. The molecule has 3 N–H and O–H groups in total. The van der Waals surface area contributed by atoms with Gasteiger partial charge in [0.1, 0.15) is 11.6 Å². The van der Waals surface area contributed by atoms with Gasteiger partial charge in [-0.15, -0.1) is 0 Å². The molecule has 124 valence electrons. The minimum atomic E-state index is -0.523. The fourth-order valence-electron chi connectivity index (χ4n) is 2.09. The molecule has 2 amide bonds. The van der Waals surface area contributed by atoms with Gasteiger partial charge in [-0.3, -0.25) is 0 Å². The van der Waals surface area contributed by atoms with Gasteiger partial charge in [-0.2, -0.15) is 0 Å². The average molecular weight is 320 g/mol. The number of aliphatic hydroxyl groups excluding tert-OH is 1. The minimum absolute atomic E-state index is 0.0517. The number of carbonyl (C=O) groups excluding carboxylic acids is 1. The number of furan rings is 1. The highest BCUT2D eigenvalue weighted by molar-refractivity contribution is 5.90. The molecule has 0 bridgehead atoms. The van der Waals surface area contributed by atoms with Crippen molar-refractivity contribution in [3.8, 4) is 11.3 Å². The first-order valence-corrected chi connectivity index (χ1v) is 7.40. The van der Waals surface area contributed by atoms with Gasteiger partial charge < -0.3 is 20.2 Å². The number of hydrogen-bond donors (Lipinski definition) is 3. The molecule has 0 fully saturated rings. The summed E-state index contributed by atoms with van der Waals surface area (Å²) in [6.45, 7) is 4.29. The van der Waals surface area contributed by atoms with Gasteiger partial charge in [0, 0.05) is 18.7 Å². The van der Waals surface area contributed by atoms with E-state index in [9.17, 15) is 9.18 Å². The third-order valence-electron chi connectivity index (χ3n) is 3.54. The van der Waals surface area contributed by atoms with Gasteiger partial charge in [-0.05, 0) is 42.2 Å². The molecule has 0 saturated carbocycles. The molecule has 1 aromatic heterocycles. The second kappa shape index (κ2) is 7.28. The van der Waals surface area contributed by atoms with Crippen LogP contribution in [0.25, 0.3) is 11.3 Å². The Morgan fingerprint density at radius 2 is 2.13 bits per heavy atom. The maximum absolute atomic E-state index is 13.9. The second-order valence-electron chi connectivity index (χ2n) is 6.12. The largest absolute Gasteiger partial charge is 0.464 e. The SMILES string of the molecule is CC(C)(CCO)CNC(=O)Nc1cc(-c2ccco2)ccc1F. The molecular weight excluding hydrogens is 299 g/mol. The quantitative estimate of drug-likeness (QED) is 0.761. The van der Waals surface area contributed by atoms with E-state index < -0.39 is 11.8 Å². The van der Waals surface area contributed by atoms with Gasteiger partial charge in [-0.25, -0.2) is 9.18 Å². The van der Waals surface area contributed by atoms with Gasteiger partial charge in [0.15, 0.2) is 0 Å². The van der Waals surface area contributed by atoms with E-state index in [0.717, 1.165) is 0 Å². The third-order valence-corrected chi connectivity index (χ3v) is 3.54. The van der Waals surface area contributed by atoms with Gasteiger partial charge >= 0.3 is 6.03 Å². The Kier molecular flexibility index (Phi) is 5.39. The van der Waals surface area contributed by atoms with E-state index in [4.69, 9.17) is 9.52 Å². The van der Waals surface area contributed by atoms with Crippen molar-refractivity contribution in [2.75, 3.05) is 18.5 Å². The van der Waals surface area contributed by atoms with Crippen LogP contribution in [0.3, 0.4) is 0 Å². The van der Waals surface area contributed by atoms with E-state index in [1.54, 1.807) is 18.2 Å². The van der Waals surface area contributed by atoms with Gasteiger partial charge in [0.25, 0.3) is 0 Å². The molecule has 0 atom stereocenters. The lowest BCUT2D eigenvalue weighted by molar-refractivity contribution is 0.204. The normalized spacial score (nSPS) is 11.3. The number of anilines is 1. The Bertz CT molecular complexity index is 654. The molecule has 6 heteroatoms. The molecule has 0 aliphatic heterocycles. The number of hydrogen-bond acceptors (Lipinski definition) is 3. The summed E-state index contributed by atoms with van der Waals surface area (Å²) in [5.74, 6) is 0.0719. The monoisotopic (exact) mass is 320 g/mol. The highest BCUT2D eigenvalue weighted by atomic mass is 19.1. The zero-order chi connectivity index (χ0) is 16.9. The summed E-state index contributed by atoms with van der Waals surface area (Å²) in [6, 6.07) is 7.39. The van der Waals surface area contributed by atoms with Crippen LogP contribution in [-0.4, -0.2) is 24.3 Å². The van der Waals surface area contributed by atoms with Crippen LogP contribution in [0.1, 0.15) is 20.3 Å². The number of nitrogens with one attached hydrogen (secondary N) is 2.